The predicted molar refractivity (Wildman–Crippen MR) is 72.5 cm³/mol. The van der Waals surface area contributed by atoms with E-state index in [1.165, 1.54) is 11.3 Å². The number of aromatic nitrogens is 2. The molecule has 2 heterocycles. The summed E-state index contributed by atoms with van der Waals surface area (Å²) in [6.07, 6.45) is 1.00. The molecule has 0 bridgehead atoms. The van der Waals surface area contributed by atoms with Crippen LogP contribution in [-0.2, 0) is 6.54 Å². The van der Waals surface area contributed by atoms with Crippen LogP contribution >= 0.6 is 22.9 Å². The Morgan fingerprint density at radius 1 is 1.33 bits per heavy atom. The molecule has 2 aromatic rings. The summed E-state index contributed by atoms with van der Waals surface area (Å²) in [6, 6.07) is 8.09. The normalized spacial score (nSPS) is 14.8. The van der Waals surface area contributed by atoms with Gasteiger partial charge in [-0.25, -0.2) is 0 Å². The fourth-order valence-electron chi connectivity index (χ4n) is 2.02. The molecule has 0 fully saturated rings. The van der Waals surface area contributed by atoms with E-state index in [0.717, 1.165) is 42.6 Å². The van der Waals surface area contributed by atoms with Gasteiger partial charge in [0, 0.05) is 6.54 Å². The smallest absolute Gasteiger partial charge is 0.207 e. The van der Waals surface area contributed by atoms with Gasteiger partial charge >= 0.3 is 0 Å². The van der Waals surface area contributed by atoms with Gasteiger partial charge in [0.25, 0.3) is 0 Å². The second kappa shape index (κ2) is 5.12. The Bertz CT molecular complexity index is 546. The first-order valence-electron chi connectivity index (χ1n) is 5.77. The lowest BCUT2D eigenvalue weighted by molar-refractivity contribution is 0.322. The van der Waals surface area contributed by atoms with E-state index in [1.54, 1.807) is 0 Å². The Morgan fingerprint density at radius 2 is 2.22 bits per heavy atom. The maximum atomic E-state index is 5.81. The molecule has 0 unspecified atom stereocenters. The van der Waals surface area contributed by atoms with Crippen LogP contribution in [0.25, 0.3) is 0 Å². The van der Waals surface area contributed by atoms with E-state index < -0.39 is 0 Å². The molecule has 1 aliphatic rings. The zero-order valence-corrected chi connectivity index (χ0v) is 11.2. The van der Waals surface area contributed by atoms with E-state index in [4.69, 9.17) is 16.3 Å². The molecule has 6 heteroatoms. The number of ether oxygens (including phenoxy) is 1. The number of para-hydroxylation sites is 2. The highest BCUT2D eigenvalue weighted by molar-refractivity contribution is 7.15. The summed E-state index contributed by atoms with van der Waals surface area (Å²) < 4.78 is 6.21. The fourth-order valence-corrected chi connectivity index (χ4v) is 2.91. The highest BCUT2D eigenvalue weighted by Gasteiger charge is 2.17. The maximum Gasteiger partial charge on any atom is 0.207 e. The number of hydrogen-bond acceptors (Lipinski definition) is 5. The molecule has 0 saturated heterocycles. The molecule has 0 radical (unpaired) electrons. The second-order valence-corrected chi connectivity index (χ2v) is 5.68. The third-order valence-corrected chi connectivity index (χ3v) is 3.81. The van der Waals surface area contributed by atoms with E-state index >= 15 is 0 Å². The minimum atomic E-state index is 0.490. The minimum absolute atomic E-state index is 0.490. The fraction of sp³-hybridized carbons (Fsp3) is 0.333. The predicted octanol–water partition coefficient (Wildman–Crippen LogP) is 2.98. The van der Waals surface area contributed by atoms with Crippen LogP contribution in [0.2, 0.25) is 4.47 Å². The van der Waals surface area contributed by atoms with Crippen molar-refractivity contribution in [2.45, 2.75) is 13.0 Å². The van der Waals surface area contributed by atoms with Gasteiger partial charge in [0.05, 0.1) is 18.8 Å². The maximum absolute atomic E-state index is 5.81. The first-order chi connectivity index (χ1) is 8.83. The van der Waals surface area contributed by atoms with Crippen molar-refractivity contribution in [2.75, 3.05) is 18.1 Å². The molecule has 94 valence electrons. The molecule has 1 aromatic carbocycles. The summed E-state index contributed by atoms with van der Waals surface area (Å²) in [5.74, 6) is 0.936. The minimum Gasteiger partial charge on any atom is -0.491 e. The van der Waals surface area contributed by atoms with E-state index in [0.29, 0.717) is 4.47 Å². The van der Waals surface area contributed by atoms with Gasteiger partial charge in [0.2, 0.25) is 4.47 Å². The monoisotopic (exact) mass is 281 g/mol. The molecule has 0 N–H and O–H groups in total. The Morgan fingerprint density at radius 3 is 3.06 bits per heavy atom. The standard InChI is InChI=1S/C12H12ClN3OS/c13-12-15-14-11(18-12)8-16-6-3-7-17-10-5-2-1-4-9(10)16/h1-2,4-5H,3,6-8H2. The van der Waals surface area contributed by atoms with E-state index in [1.807, 2.05) is 18.2 Å². The van der Waals surface area contributed by atoms with Gasteiger partial charge in [0.15, 0.2) is 0 Å². The summed E-state index contributed by atoms with van der Waals surface area (Å²) >= 11 is 7.24. The molecule has 0 aliphatic carbocycles. The van der Waals surface area contributed by atoms with Gasteiger partial charge in [-0.2, -0.15) is 0 Å². The Hall–Kier alpha value is -1.33. The molecular formula is C12H12ClN3OS. The van der Waals surface area contributed by atoms with Crippen molar-refractivity contribution in [1.29, 1.82) is 0 Å². The van der Waals surface area contributed by atoms with Crippen LogP contribution < -0.4 is 9.64 Å². The zero-order valence-electron chi connectivity index (χ0n) is 9.67. The van der Waals surface area contributed by atoms with Crippen molar-refractivity contribution < 1.29 is 4.74 Å². The van der Waals surface area contributed by atoms with Gasteiger partial charge in [0.1, 0.15) is 10.8 Å². The number of fused-ring (bicyclic) bond motifs is 1. The third kappa shape index (κ3) is 2.42. The van der Waals surface area contributed by atoms with Gasteiger partial charge in [-0.1, -0.05) is 23.5 Å². The van der Waals surface area contributed by atoms with Crippen LogP contribution in [0.4, 0.5) is 5.69 Å². The second-order valence-electron chi connectivity index (χ2n) is 4.04. The lowest BCUT2D eigenvalue weighted by atomic mass is 10.2. The van der Waals surface area contributed by atoms with Crippen molar-refractivity contribution >= 4 is 28.6 Å². The molecule has 3 rings (SSSR count). The van der Waals surface area contributed by atoms with Crippen LogP contribution in [0.15, 0.2) is 24.3 Å². The van der Waals surface area contributed by atoms with E-state index in [-0.39, 0.29) is 0 Å². The summed E-state index contributed by atoms with van der Waals surface area (Å²) in [6.45, 7) is 2.43. The summed E-state index contributed by atoms with van der Waals surface area (Å²) in [7, 11) is 0. The number of nitrogens with zero attached hydrogens (tertiary/aromatic N) is 3. The SMILES string of the molecule is Clc1nnc(CN2CCCOc3ccccc32)s1. The van der Waals surface area contributed by atoms with Crippen molar-refractivity contribution in [1.82, 2.24) is 10.2 Å². The molecular weight excluding hydrogens is 270 g/mol. The Labute approximate surface area is 114 Å². The molecule has 0 amide bonds. The average molecular weight is 282 g/mol. The zero-order chi connectivity index (χ0) is 12.4. The van der Waals surface area contributed by atoms with E-state index in [9.17, 15) is 0 Å². The van der Waals surface area contributed by atoms with Crippen molar-refractivity contribution in [3.05, 3.63) is 33.7 Å². The van der Waals surface area contributed by atoms with Crippen LogP contribution in [0, 0.1) is 0 Å². The number of rotatable bonds is 2. The van der Waals surface area contributed by atoms with Crippen LogP contribution in [0.1, 0.15) is 11.4 Å². The molecule has 18 heavy (non-hydrogen) atoms. The van der Waals surface area contributed by atoms with Crippen LogP contribution in [0.5, 0.6) is 5.75 Å². The largest absolute Gasteiger partial charge is 0.491 e. The van der Waals surface area contributed by atoms with Crippen molar-refractivity contribution in [2.24, 2.45) is 0 Å². The molecule has 0 spiro atoms. The summed E-state index contributed by atoms with van der Waals surface area (Å²) in [4.78, 5) is 2.26. The molecule has 1 aromatic heterocycles. The quantitative estimate of drug-likeness (QED) is 0.848. The number of hydrogen-bond donors (Lipinski definition) is 0. The highest BCUT2D eigenvalue weighted by atomic mass is 35.5. The lowest BCUT2D eigenvalue weighted by Crippen LogP contribution is -2.23. The number of anilines is 1. The van der Waals surface area contributed by atoms with Gasteiger partial charge in [-0.15, -0.1) is 10.2 Å². The first kappa shape index (κ1) is 11.7. The van der Waals surface area contributed by atoms with Crippen molar-refractivity contribution in [3.8, 4) is 5.75 Å². The van der Waals surface area contributed by atoms with Gasteiger partial charge < -0.3 is 9.64 Å². The van der Waals surface area contributed by atoms with Gasteiger partial charge in [-0.3, -0.25) is 0 Å². The average Bonchev–Trinajstić information content (AvgIpc) is 2.68. The first-order valence-corrected chi connectivity index (χ1v) is 6.97. The van der Waals surface area contributed by atoms with Crippen LogP contribution in [0.3, 0.4) is 0 Å². The third-order valence-electron chi connectivity index (χ3n) is 2.80. The highest BCUT2D eigenvalue weighted by Crippen LogP contribution is 2.32. The molecule has 0 saturated carbocycles. The van der Waals surface area contributed by atoms with Crippen LogP contribution in [-0.4, -0.2) is 23.3 Å². The Kier molecular flexibility index (Phi) is 3.34. The molecule has 0 atom stereocenters. The van der Waals surface area contributed by atoms with Gasteiger partial charge in [-0.05, 0) is 30.2 Å². The van der Waals surface area contributed by atoms with Crippen molar-refractivity contribution in [3.63, 3.8) is 0 Å². The number of halogens is 1. The Balaban J connectivity index is 1.87. The van der Waals surface area contributed by atoms with E-state index in [2.05, 4.69) is 21.2 Å². The molecule has 4 nitrogen and oxygen atoms in total. The lowest BCUT2D eigenvalue weighted by Gasteiger charge is -2.22. The topological polar surface area (TPSA) is 38.2 Å². The number of benzene rings is 1. The summed E-state index contributed by atoms with van der Waals surface area (Å²) in [5.41, 5.74) is 1.11. The molecule has 1 aliphatic heterocycles. The summed E-state index contributed by atoms with van der Waals surface area (Å²) in [5, 5.41) is 8.83.